The van der Waals surface area contributed by atoms with Crippen molar-refractivity contribution in [1.82, 2.24) is 0 Å². The van der Waals surface area contributed by atoms with Crippen molar-refractivity contribution in [3.05, 3.63) is 29.8 Å². The van der Waals surface area contributed by atoms with Crippen LogP contribution >= 0.6 is 0 Å². The summed E-state index contributed by atoms with van der Waals surface area (Å²) in [5, 5.41) is 17.3. The van der Waals surface area contributed by atoms with Gasteiger partial charge in [0, 0.05) is 12.8 Å². The molecule has 0 aromatic heterocycles. The summed E-state index contributed by atoms with van der Waals surface area (Å²) in [4.78, 5) is 9.87. The zero-order chi connectivity index (χ0) is 14.1. The first-order chi connectivity index (χ1) is 9.13. The van der Waals surface area contributed by atoms with Gasteiger partial charge in [0.2, 0.25) is 0 Å². The van der Waals surface area contributed by atoms with Crippen LogP contribution in [0.4, 0.5) is 0 Å². The number of hydrogen-bond donors (Lipinski definition) is 2. The fraction of sp³-hybridized carbons (Fsp3) is 0.533. The van der Waals surface area contributed by atoms with Crippen molar-refractivity contribution in [3.8, 4) is 5.75 Å². The average molecular weight is 266 g/mol. The lowest BCUT2D eigenvalue weighted by molar-refractivity contribution is -0.137. The number of aryl methyl sites for hydroxylation is 1. The average Bonchev–Trinajstić information content (AvgIpc) is 2.39. The molecule has 0 saturated carbocycles. The molecule has 1 unspecified atom stereocenters. The van der Waals surface area contributed by atoms with E-state index in [-0.39, 0.29) is 0 Å². The minimum Gasteiger partial charge on any atom is -0.481 e. The van der Waals surface area contributed by atoms with Gasteiger partial charge in [-0.3, -0.25) is 4.79 Å². The van der Waals surface area contributed by atoms with E-state index >= 15 is 0 Å². The number of fused-ring (bicyclic) bond motifs is 1. The van der Waals surface area contributed by atoms with E-state index in [2.05, 4.69) is 6.92 Å². The number of rotatable bonds is 4. The van der Waals surface area contributed by atoms with E-state index in [0.717, 1.165) is 31.4 Å². The molecule has 0 radical (unpaired) electrons. The van der Waals surface area contributed by atoms with E-state index in [1.165, 1.54) is 5.56 Å². The maximum atomic E-state index is 9.87. The second kappa shape index (κ2) is 8.53. The van der Waals surface area contributed by atoms with E-state index < -0.39 is 12.3 Å². The summed E-state index contributed by atoms with van der Waals surface area (Å²) in [7, 11) is 0. The van der Waals surface area contributed by atoms with Gasteiger partial charge >= 0.3 is 5.97 Å². The Morgan fingerprint density at radius 1 is 1.37 bits per heavy atom. The number of carboxylic acid groups (broad SMARTS) is 1. The van der Waals surface area contributed by atoms with Gasteiger partial charge in [-0.15, -0.1) is 0 Å². The number of ether oxygens (including phenoxy) is 1. The normalized spacial score (nSPS) is 16.6. The molecule has 1 aromatic rings. The van der Waals surface area contributed by atoms with Gasteiger partial charge < -0.3 is 14.9 Å². The monoisotopic (exact) mass is 266 g/mol. The van der Waals surface area contributed by atoms with Gasteiger partial charge in [-0.05, 0) is 24.5 Å². The van der Waals surface area contributed by atoms with Crippen LogP contribution in [0.5, 0.6) is 5.75 Å². The van der Waals surface area contributed by atoms with Crippen LogP contribution < -0.4 is 4.74 Å². The Morgan fingerprint density at radius 3 is 2.79 bits per heavy atom. The lowest BCUT2D eigenvalue weighted by atomic mass is 10.1. The third-order valence-corrected chi connectivity index (χ3v) is 2.89. The molecule has 0 aliphatic carbocycles. The molecule has 0 bridgehead atoms. The number of carbonyl (C=O) groups is 1. The van der Waals surface area contributed by atoms with Crippen LogP contribution in [0.3, 0.4) is 0 Å². The van der Waals surface area contributed by atoms with Crippen molar-refractivity contribution < 1.29 is 19.7 Å². The third kappa shape index (κ3) is 6.25. The van der Waals surface area contributed by atoms with Crippen molar-refractivity contribution in [1.29, 1.82) is 0 Å². The molecule has 4 heteroatoms. The maximum Gasteiger partial charge on any atom is 0.303 e. The molecule has 2 N–H and O–H groups in total. The van der Waals surface area contributed by atoms with Crippen LogP contribution in [0.2, 0.25) is 0 Å². The number of carboxylic acids is 1. The van der Waals surface area contributed by atoms with E-state index in [0.29, 0.717) is 12.8 Å². The molecule has 1 aliphatic rings. The summed E-state index contributed by atoms with van der Waals surface area (Å²) >= 11 is 0. The summed E-state index contributed by atoms with van der Waals surface area (Å²) in [6.07, 6.45) is 4.29. The number of unbranched alkanes of at least 4 members (excludes halogenated alkanes) is 2. The van der Waals surface area contributed by atoms with E-state index in [1.807, 2.05) is 24.3 Å². The van der Waals surface area contributed by atoms with Crippen molar-refractivity contribution in [2.75, 3.05) is 0 Å². The molecule has 0 saturated heterocycles. The molecule has 106 valence electrons. The lowest BCUT2D eigenvalue weighted by Crippen LogP contribution is -2.21. The largest absolute Gasteiger partial charge is 0.481 e. The topological polar surface area (TPSA) is 66.8 Å². The van der Waals surface area contributed by atoms with Crippen LogP contribution in [0.25, 0.3) is 0 Å². The van der Waals surface area contributed by atoms with Gasteiger partial charge in [0.1, 0.15) is 5.75 Å². The van der Waals surface area contributed by atoms with Gasteiger partial charge in [-0.1, -0.05) is 38.0 Å². The highest BCUT2D eigenvalue weighted by atomic mass is 16.6. The Hall–Kier alpha value is -1.55. The highest BCUT2D eigenvalue weighted by Crippen LogP contribution is 2.25. The molecule has 0 amide bonds. The van der Waals surface area contributed by atoms with E-state index in [9.17, 15) is 4.79 Å². The van der Waals surface area contributed by atoms with Gasteiger partial charge in [0.15, 0.2) is 6.29 Å². The molecule has 2 rings (SSSR count). The highest BCUT2D eigenvalue weighted by Gasteiger charge is 2.15. The van der Waals surface area contributed by atoms with Crippen LogP contribution in [0, 0.1) is 0 Å². The summed E-state index contributed by atoms with van der Waals surface area (Å²) < 4.78 is 5.19. The van der Waals surface area contributed by atoms with Crippen molar-refractivity contribution in [3.63, 3.8) is 0 Å². The first-order valence-electron chi connectivity index (χ1n) is 6.78. The van der Waals surface area contributed by atoms with Gasteiger partial charge in [-0.25, -0.2) is 0 Å². The lowest BCUT2D eigenvalue weighted by Gasteiger charge is -2.21. The third-order valence-electron chi connectivity index (χ3n) is 2.89. The maximum absolute atomic E-state index is 9.87. The summed E-state index contributed by atoms with van der Waals surface area (Å²) in [6, 6.07) is 7.82. The number of aliphatic hydroxyl groups excluding tert-OH is 1. The Balaban J connectivity index is 0.000000203. The predicted molar refractivity (Wildman–Crippen MR) is 73.2 cm³/mol. The van der Waals surface area contributed by atoms with Crippen molar-refractivity contribution in [2.45, 2.75) is 51.7 Å². The smallest absolute Gasteiger partial charge is 0.303 e. The first-order valence-corrected chi connectivity index (χ1v) is 6.78. The van der Waals surface area contributed by atoms with Gasteiger partial charge in [0.25, 0.3) is 0 Å². The number of aliphatic hydroxyl groups is 1. The van der Waals surface area contributed by atoms with Gasteiger partial charge in [-0.2, -0.15) is 0 Å². The highest BCUT2D eigenvalue weighted by molar-refractivity contribution is 5.66. The minimum atomic E-state index is -0.682. The zero-order valence-electron chi connectivity index (χ0n) is 11.3. The number of hydrogen-bond acceptors (Lipinski definition) is 3. The number of aliphatic carboxylic acids is 1. The molecule has 0 spiro atoms. The summed E-state index contributed by atoms with van der Waals surface area (Å²) in [6.45, 7) is 2.06. The first kappa shape index (κ1) is 15.5. The Bertz CT molecular complexity index is 389. The van der Waals surface area contributed by atoms with Crippen LogP contribution in [-0.2, 0) is 11.2 Å². The van der Waals surface area contributed by atoms with E-state index in [4.69, 9.17) is 14.9 Å². The Kier molecular flexibility index (Phi) is 6.97. The molecular formula is C15H22O4. The fourth-order valence-electron chi connectivity index (χ4n) is 1.84. The number of benzene rings is 1. The van der Waals surface area contributed by atoms with Crippen LogP contribution in [-0.4, -0.2) is 22.5 Å². The minimum absolute atomic E-state index is 0.327. The molecule has 1 heterocycles. The molecule has 1 atom stereocenters. The molecular weight excluding hydrogens is 244 g/mol. The standard InChI is InChI=1S/C9H10O2.C6H12O2/c10-9-6-5-7-3-1-2-4-8(7)11-9;1-2-3-4-5-6(7)8/h1-4,9-10H,5-6H2;2-5H2,1H3,(H,7,8). The molecule has 1 aromatic carbocycles. The fourth-order valence-corrected chi connectivity index (χ4v) is 1.84. The Labute approximate surface area is 114 Å². The van der Waals surface area contributed by atoms with Crippen LogP contribution in [0.15, 0.2) is 24.3 Å². The SMILES string of the molecule is CCCCCC(=O)O.OC1CCc2ccccc2O1. The summed E-state index contributed by atoms with van der Waals surface area (Å²) in [5.74, 6) is 0.143. The summed E-state index contributed by atoms with van der Waals surface area (Å²) in [5.41, 5.74) is 1.19. The predicted octanol–water partition coefficient (Wildman–Crippen LogP) is 2.98. The Morgan fingerprint density at radius 2 is 2.11 bits per heavy atom. The quantitative estimate of drug-likeness (QED) is 0.822. The van der Waals surface area contributed by atoms with Gasteiger partial charge in [0.05, 0.1) is 0 Å². The second-order valence-electron chi connectivity index (χ2n) is 4.57. The molecule has 1 aliphatic heterocycles. The second-order valence-corrected chi connectivity index (χ2v) is 4.57. The molecule has 0 fully saturated rings. The molecule has 19 heavy (non-hydrogen) atoms. The van der Waals surface area contributed by atoms with E-state index in [1.54, 1.807) is 0 Å². The van der Waals surface area contributed by atoms with Crippen molar-refractivity contribution in [2.24, 2.45) is 0 Å². The number of para-hydroxylation sites is 1. The van der Waals surface area contributed by atoms with Crippen LogP contribution in [0.1, 0.15) is 44.6 Å². The zero-order valence-corrected chi connectivity index (χ0v) is 11.3. The van der Waals surface area contributed by atoms with Crippen molar-refractivity contribution >= 4 is 5.97 Å². The molecule has 4 nitrogen and oxygen atoms in total.